The van der Waals surface area contributed by atoms with Crippen molar-refractivity contribution < 1.29 is 26.7 Å². The molecule has 0 radical (unpaired) electrons. The lowest BCUT2D eigenvalue weighted by molar-refractivity contribution is -0.0512. The molecule has 9 heteroatoms. The molecule has 0 aliphatic heterocycles. The lowest BCUT2D eigenvalue weighted by atomic mass is 10.2. The van der Waals surface area contributed by atoms with Gasteiger partial charge in [0.25, 0.3) is 0 Å². The van der Waals surface area contributed by atoms with E-state index in [-0.39, 0.29) is 22.1 Å². The van der Waals surface area contributed by atoms with Crippen molar-refractivity contribution in [2.24, 2.45) is 0 Å². The third-order valence-electron chi connectivity index (χ3n) is 4.71. The predicted molar refractivity (Wildman–Crippen MR) is 107 cm³/mol. The summed E-state index contributed by atoms with van der Waals surface area (Å²) in [6.07, 6.45) is 2.01. The highest BCUT2D eigenvalue weighted by atomic mass is 35.5. The van der Waals surface area contributed by atoms with Gasteiger partial charge in [0.05, 0.1) is 17.8 Å². The molecule has 3 rings (SSSR count). The third kappa shape index (κ3) is 6.04. The highest BCUT2D eigenvalue weighted by Crippen LogP contribution is 2.32. The number of nitrogens with zero attached hydrogens (tertiary/aromatic N) is 1. The van der Waals surface area contributed by atoms with E-state index in [0.29, 0.717) is 24.2 Å². The second-order valence-corrected chi connectivity index (χ2v) is 9.38. The molecule has 0 amide bonds. The molecule has 1 aliphatic carbocycles. The molecular formula is C20H22ClF2NO4S. The molecule has 5 nitrogen and oxygen atoms in total. The summed E-state index contributed by atoms with van der Waals surface area (Å²) in [5.41, 5.74) is 0.833. The molecule has 0 heterocycles. The summed E-state index contributed by atoms with van der Waals surface area (Å²) in [5.74, 6) is 0.163. The van der Waals surface area contributed by atoms with Gasteiger partial charge >= 0.3 is 6.61 Å². The number of ether oxygens (including phenoxy) is 2. The molecule has 0 aromatic heterocycles. The molecule has 0 saturated heterocycles. The van der Waals surface area contributed by atoms with Crippen molar-refractivity contribution in [1.29, 1.82) is 0 Å². The van der Waals surface area contributed by atoms with Crippen LogP contribution >= 0.6 is 11.6 Å². The molecule has 2 aromatic carbocycles. The molecule has 0 atom stereocenters. The van der Waals surface area contributed by atoms with Gasteiger partial charge < -0.3 is 9.47 Å². The maximum absolute atomic E-state index is 12.6. The Kier molecular flexibility index (Phi) is 6.97. The molecule has 0 spiro atoms. The minimum absolute atomic E-state index is 0.0190. The fraction of sp³-hybridized carbons (Fsp3) is 0.400. The van der Waals surface area contributed by atoms with Crippen LogP contribution < -0.4 is 9.47 Å². The van der Waals surface area contributed by atoms with Crippen LogP contribution in [0.1, 0.15) is 18.4 Å². The van der Waals surface area contributed by atoms with Crippen molar-refractivity contribution >= 4 is 21.4 Å². The number of sulfone groups is 1. The average Bonchev–Trinajstić information content (AvgIpc) is 3.51. The Morgan fingerprint density at radius 1 is 1.14 bits per heavy atom. The van der Waals surface area contributed by atoms with E-state index >= 15 is 0 Å². The number of alkyl halides is 2. The van der Waals surface area contributed by atoms with E-state index in [9.17, 15) is 17.2 Å². The molecule has 1 saturated carbocycles. The lowest BCUT2D eigenvalue weighted by Crippen LogP contribution is -2.31. The number of rotatable bonds is 10. The molecular weight excluding hydrogens is 424 g/mol. The zero-order valence-electron chi connectivity index (χ0n) is 15.9. The standard InChI is InChI=1S/C20H22ClF2NO4S/c1-27-19-12-14(2-9-18(19)28-20(22)23)13-24(16-5-6-16)10-11-29(25,26)17-7-3-15(21)4-8-17/h2-4,7-9,12,16,20H,5-6,10-11,13H2,1H3. The summed E-state index contributed by atoms with van der Waals surface area (Å²) in [5, 5.41) is 0.483. The van der Waals surface area contributed by atoms with Gasteiger partial charge in [-0.1, -0.05) is 17.7 Å². The molecule has 2 aromatic rings. The maximum atomic E-state index is 12.6. The van der Waals surface area contributed by atoms with Crippen LogP contribution in [0.15, 0.2) is 47.4 Å². The minimum Gasteiger partial charge on any atom is -0.493 e. The monoisotopic (exact) mass is 445 g/mol. The maximum Gasteiger partial charge on any atom is 0.387 e. The second-order valence-electron chi connectivity index (χ2n) is 6.84. The molecule has 1 fully saturated rings. The predicted octanol–water partition coefficient (Wildman–Crippen LogP) is 4.39. The molecule has 0 bridgehead atoms. The number of benzene rings is 2. The number of halogens is 3. The Labute approximate surface area is 174 Å². The Balaban J connectivity index is 1.68. The zero-order chi connectivity index (χ0) is 21.0. The topological polar surface area (TPSA) is 55.8 Å². The van der Waals surface area contributed by atoms with Crippen LogP contribution in [0, 0.1) is 0 Å². The van der Waals surface area contributed by atoms with Gasteiger partial charge in [0.2, 0.25) is 0 Å². The fourth-order valence-corrected chi connectivity index (χ4v) is 4.45. The van der Waals surface area contributed by atoms with Gasteiger partial charge in [-0.25, -0.2) is 8.42 Å². The summed E-state index contributed by atoms with van der Waals surface area (Å²) >= 11 is 5.83. The van der Waals surface area contributed by atoms with Crippen LogP contribution in [-0.2, 0) is 16.4 Å². The van der Waals surface area contributed by atoms with Crippen molar-refractivity contribution in [3.8, 4) is 11.5 Å². The van der Waals surface area contributed by atoms with Gasteiger partial charge in [-0.15, -0.1) is 0 Å². The third-order valence-corrected chi connectivity index (χ3v) is 6.68. The SMILES string of the molecule is COc1cc(CN(CCS(=O)(=O)c2ccc(Cl)cc2)C2CC2)ccc1OC(F)F. The molecule has 158 valence electrons. The number of hydrogen-bond acceptors (Lipinski definition) is 5. The summed E-state index contributed by atoms with van der Waals surface area (Å²) in [6.45, 7) is -2.07. The van der Waals surface area contributed by atoms with E-state index in [1.165, 1.54) is 25.3 Å². The van der Waals surface area contributed by atoms with Crippen LogP contribution in [0.3, 0.4) is 0 Å². The van der Waals surface area contributed by atoms with Crippen LogP contribution in [0.4, 0.5) is 8.78 Å². The van der Waals surface area contributed by atoms with Crippen LogP contribution in [-0.4, -0.2) is 45.4 Å². The lowest BCUT2D eigenvalue weighted by Gasteiger charge is -2.22. The Hall–Kier alpha value is -1.90. The highest BCUT2D eigenvalue weighted by molar-refractivity contribution is 7.91. The van der Waals surface area contributed by atoms with Crippen molar-refractivity contribution in [3.63, 3.8) is 0 Å². The van der Waals surface area contributed by atoms with E-state index < -0.39 is 16.4 Å². The first-order valence-corrected chi connectivity index (χ1v) is 11.2. The second kappa shape index (κ2) is 9.28. The van der Waals surface area contributed by atoms with E-state index in [4.69, 9.17) is 16.3 Å². The summed E-state index contributed by atoms with van der Waals surface area (Å²) < 4.78 is 59.8. The van der Waals surface area contributed by atoms with Gasteiger partial charge in [0, 0.05) is 24.2 Å². The van der Waals surface area contributed by atoms with E-state index in [1.807, 2.05) is 0 Å². The van der Waals surface area contributed by atoms with E-state index in [0.717, 1.165) is 18.4 Å². The highest BCUT2D eigenvalue weighted by Gasteiger charge is 2.30. The fourth-order valence-electron chi connectivity index (χ4n) is 3.07. The summed E-state index contributed by atoms with van der Waals surface area (Å²) in [4.78, 5) is 2.34. The van der Waals surface area contributed by atoms with Crippen LogP contribution in [0.2, 0.25) is 5.02 Å². The molecule has 0 N–H and O–H groups in total. The largest absolute Gasteiger partial charge is 0.493 e. The van der Waals surface area contributed by atoms with E-state index in [1.54, 1.807) is 24.3 Å². The first-order valence-electron chi connectivity index (χ1n) is 9.12. The Morgan fingerprint density at radius 3 is 2.41 bits per heavy atom. The Bertz CT molecular complexity index is 934. The smallest absolute Gasteiger partial charge is 0.387 e. The van der Waals surface area contributed by atoms with E-state index in [2.05, 4.69) is 9.64 Å². The van der Waals surface area contributed by atoms with Gasteiger partial charge in [0.15, 0.2) is 21.3 Å². The van der Waals surface area contributed by atoms with Crippen molar-refractivity contribution in [2.75, 3.05) is 19.4 Å². The first kappa shape index (κ1) is 21.8. The summed E-state index contributed by atoms with van der Waals surface area (Å²) in [6, 6.07) is 11.2. The zero-order valence-corrected chi connectivity index (χ0v) is 17.4. The van der Waals surface area contributed by atoms with Gasteiger partial charge in [-0.2, -0.15) is 8.78 Å². The summed E-state index contributed by atoms with van der Waals surface area (Å²) in [7, 11) is -2.05. The number of methoxy groups -OCH3 is 1. The van der Waals surface area contributed by atoms with Gasteiger partial charge in [0.1, 0.15) is 0 Å². The van der Waals surface area contributed by atoms with Crippen LogP contribution in [0.25, 0.3) is 0 Å². The van der Waals surface area contributed by atoms with Gasteiger partial charge in [-0.05, 0) is 54.8 Å². The average molecular weight is 446 g/mol. The van der Waals surface area contributed by atoms with Gasteiger partial charge in [-0.3, -0.25) is 4.90 Å². The normalized spacial score (nSPS) is 14.4. The van der Waals surface area contributed by atoms with Crippen molar-refractivity contribution in [2.45, 2.75) is 36.9 Å². The van der Waals surface area contributed by atoms with Crippen molar-refractivity contribution in [3.05, 3.63) is 53.1 Å². The number of hydrogen-bond donors (Lipinski definition) is 0. The first-order chi connectivity index (χ1) is 13.8. The van der Waals surface area contributed by atoms with Crippen LogP contribution in [0.5, 0.6) is 11.5 Å². The van der Waals surface area contributed by atoms with Crippen molar-refractivity contribution in [1.82, 2.24) is 4.90 Å². The molecule has 0 unspecified atom stereocenters. The molecule has 29 heavy (non-hydrogen) atoms. The molecule has 1 aliphatic rings. The minimum atomic E-state index is -3.43. The Morgan fingerprint density at radius 2 is 1.83 bits per heavy atom. The quantitative estimate of drug-likeness (QED) is 0.543.